The largest absolute Gasteiger partial charge is 0.365 e. The first-order valence-corrected chi connectivity index (χ1v) is 7.69. The molecule has 1 heterocycles. The maximum atomic E-state index is 11.8. The van der Waals surface area contributed by atoms with Crippen molar-refractivity contribution < 1.29 is 4.79 Å². The molecule has 1 saturated carbocycles. The van der Waals surface area contributed by atoms with E-state index in [-0.39, 0.29) is 12.2 Å². The van der Waals surface area contributed by atoms with Crippen molar-refractivity contribution in [1.29, 1.82) is 5.41 Å². The molecule has 0 aromatic carbocycles. The van der Waals surface area contributed by atoms with Crippen LogP contribution in [0.1, 0.15) is 39.0 Å². The Bertz CT molecular complexity index is 504. The molecule has 0 spiro atoms. The molecule has 2 unspecified atom stereocenters. The van der Waals surface area contributed by atoms with Crippen LogP contribution in [0.15, 0.2) is 36.1 Å². The van der Waals surface area contributed by atoms with Crippen molar-refractivity contribution in [3.05, 3.63) is 36.1 Å². The number of ketones is 1. The number of carbonyl (C=O) groups excluding carboxylic acids is 1. The first-order chi connectivity index (χ1) is 9.97. The van der Waals surface area contributed by atoms with E-state index >= 15 is 0 Å². The summed E-state index contributed by atoms with van der Waals surface area (Å²) in [6, 6.07) is 0. The number of rotatable bonds is 3. The van der Waals surface area contributed by atoms with Gasteiger partial charge in [0.15, 0.2) is 5.78 Å². The first-order valence-electron chi connectivity index (χ1n) is 7.69. The van der Waals surface area contributed by atoms with Crippen LogP contribution < -0.4 is 11.1 Å². The fraction of sp³-hybridized carbons (Fsp3) is 0.529. The second-order valence-corrected chi connectivity index (χ2v) is 6.18. The van der Waals surface area contributed by atoms with Crippen LogP contribution in [0, 0.1) is 17.2 Å². The number of carbonyl (C=O) groups is 1. The molecule has 3 atom stereocenters. The number of nitrogens with one attached hydrogen (secondary N) is 2. The normalized spacial score (nSPS) is 30.8. The average Bonchev–Trinajstić information content (AvgIpc) is 2.57. The van der Waals surface area contributed by atoms with Crippen LogP contribution in [-0.2, 0) is 4.79 Å². The third-order valence-corrected chi connectivity index (χ3v) is 4.44. The van der Waals surface area contributed by atoms with Crippen molar-refractivity contribution >= 4 is 11.5 Å². The van der Waals surface area contributed by atoms with Gasteiger partial charge in [0.1, 0.15) is 0 Å². The lowest BCUT2D eigenvalue weighted by atomic mass is 9.80. The third-order valence-electron chi connectivity index (χ3n) is 4.44. The second kappa shape index (κ2) is 6.85. The highest BCUT2D eigenvalue weighted by Crippen LogP contribution is 2.30. The van der Waals surface area contributed by atoms with Crippen LogP contribution in [0.5, 0.6) is 0 Å². The average molecular weight is 287 g/mol. The summed E-state index contributed by atoms with van der Waals surface area (Å²) in [6.45, 7) is 6.07. The number of hydrogen-bond acceptors (Lipinski definition) is 4. The topological polar surface area (TPSA) is 79.0 Å². The van der Waals surface area contributed by atoms with E-state index in [0.717, 1.165) is 0 Å². The summed E-state index contributed by atoms with van der Waals surface area (Å²) >= 11 is 0. The molecule has 0 radical (unpaired) electrons. The minimum atomic E-state index is -0.468. The van der Waals surface area contributed by atoms with Gasteiger partial charge in [-0.25, -0.2) is 0 Å². The van der Waals surface area contributed by atoms with Crippen LogP contribution in [-0.4, -0.2) is 17.7 Å². The van der Waals surface area contributed by atoms with E-state index in [1.54, 1.807) is 6.08 Å². The molecule has 0 amide bonds. The minimum absolute atomic E-state index is 0.0559. The van der Waals surface area contributed by atoms with Crippen molar-refractivity contribution in [2.45, 2.75) is 45.2 Å². The zero-order valence-electron chi connectivity index (χ0n) is 12.7. The molecule has 2 aliphatic rings. The second-order valence-electron chi connectivity index (χ2n) is 6.18. The Morgan fingerprint density at radius 2 is 2.19 bits per heavy atom. The lowest BCUT2D eigenvalue weighted by Gasteiger charge is -2.26. The van der Waals surface area contributed by atoms with Gasteiger partial charge in [-0.15, -0.1) is 0 Å². The fourth-order valence-corrected chi connectivity index (χ4v) is 2.95. The maximum absolute atomic E-state index is 11.8. The Morgan fingerprint density at radius 1 is 1.48 bits per heavy atom. The van der Waals surface area contributed by atoms with Gasteiger partial charge in [-0.2, -0.15) is 0 Å². The number of hydrogen-bond donors (Lipinski definition) is 3. The molecule has 0 aromatic rings. The molecule has 1 aliphatic carbocycles. The van der Waals surface area contributed by atoms with Crippen LogP contribution in [0.3, 0.4) is 0 Å². The van der Waals surface area contributed by atoms with E-state index in [1.807, 2.05) is 0 Å². The van der Waals surface area contributed by atoms with Crippen LogP contribution in [0.4, 0.5) is 0 Å². The molecular weight excluding hydrogens is 262 g/mol. The summed E-state index contributed by atoms with van der Waals surface area (Å²) in [4.78, 5) is 11.8. The summed E-state index contributed by atoms with van der Waals surface area (Å²) < 4.78 is 0. The SMILES string of the molecule is C=C1CC(=O)C=C(C(=N)/C=C\[C@H]2CCCCC2C)NC1N. The zero-order valence-corrected chi connectivity index (χ0v) is 12.7. The number of nitrogens with two attached hydrogens (primary N) is 1. The fourth-order valence-electron chi connectivity index (χ4n) is 2.95. The Balaban J connectivity index is 2.04. The van der Waals surface area contributed by atoms with Gasteiger partial charge in [-0.1, -0.05) is 38.8 Å². The van der Waals surface area contributed by atoms with Crippen molar-refractivity contribution in [2.75, 3.05) is 0 Å². The summed E-state index contributed by atoms with van der Waals surface area (Å²) in [5.74, 6) is 1.15. The van der Waals surface area contributed by atoms with E-state index in [9.17, 15) is 4.79 Å². The van der Waals surface area contributed by atoms with E-state index in [4.69, 9.17) is 11.1 Å². The molecule has 4 nitrogen and oxygen atoms in total. The van der Waals surface area contributed by atoms with Gasteiger partial charge in [0.25, 0.3) is 0 Å². The summed E-state index contributed by atoms with van der Waals surface area (Å²) in [5, 5.41) is 11.2. The van der Waals surface area contributed by atoms with E-state index < -0.39 is 6.17 Å². The highest BCUT2D eigenvalue weighted by Gasteiger charge is 2.20. The summed E-state index contributed by atoms with van der Waals surface area (Å²) in [7, 11) is 0. The van der Waals surface area contributed by atoms with Gasteiger partial charge in [0.05, 0.1) is 17.6 Å². The van der Waals surface area contributed by atoms with Crippen molar-refractivity contribution in [2.24, 2.45) is 17.6 Å². The Morgan fingerprint density at radius 3 is 2.90 bits per heavy atom. The highest BCUT2D eigenvalue weighted by atomic mass is 16.1. The van der Waals surface area contributed by atoms with Crippen LogP contribution in [0.2, 0.25) is 0 Å². The molecular formula is C17H25N3O. The van der Waals surface area contributed by atoms with Gasteiger partial charge >= 0.3 is 0 Å². The van der Waals surface area contributed by atoms with Gasteiger partial charge < -0.3 is 11.1 Å². The Kier molecular flexibility index (Phi) is 5.12. The standard InChI is InChI=1S/C17H25N3O/c1-11-5-3-4-6-13(11)7-8-15(18)16-10-14(21)9-12(2)17(19)20-16/h7-8,10-11,13,17-18,20H,2-6,9,19H2,1H3/b8-7-,18-15?/t11?,13-,17?/m1/s1. The lowest BCUT2D eigenvalue weighted by Crippen LogP contribution is -2.38. The van der Waals surface area contributed by atoms with E-state index in [1.165, 1.54) is 31.8 Å². The smallest absolute Gasteiger partial charge is 0.161 e. The predicted octanol–water partition coefficient (Wildman–Crippen LogP) is 2.68. The molecule has 1 fully saturated rings. The van der Waals surface area contributed by atoms with Gasteiger partial charge in [0.2, 0.25) is 0 Å². The molecule has 4 N–H and O–H groups in total. The van der Waals surface area contributed by atoms with Gasteiger partial charge in [0, 0.05) is 12.5 Å². The number of allylic oxidation sites excluding steroid dienone is 3. The summed E-state index contributed by atoms with van der Waals surface area (Å²) in [6.07, 6.45) is 10.2. The first kappa shape index (κ1) is 15.7. The molecule has 2 rings (SSSR count). The molecule has 0 saturated heterocycles. The minimum Gasteiger partial charge on any atom is -0.365 e. The van der Waals surface area contributed by atoms with Gasteiger partial charge in [-0.3, -0.25) is 10.2 Å². The van der Waals surface area contributed by atoms with Crippen molar-refractivity contribution in [1.82, 2.24) is 5.32 Å². The molecule has 21 heavy (non-hydrogen) atoms. The van der Waals surface area contributed by atoms with E-state index in [2.05, 4.69) is 24.9 Å². The summed E-state index contributed by atoms with van der Waals surface area (Å²) in [5.41, 5.74) is 7.36. The third kappa shape index (κ3) is 4.14. The molecule has 4 heteroatoms. The molecule has 1 aliphatic heterocycles. The van der Waals surface area contributed by atoms with Crippen molar-refractivity contribution in [3.63, 3.8) is 0 Å². The lowest BCUT2D eigenvalue weighted by molar-refractivity contribution is -0.114. The quantitative estimate of drug-likeness (QED) is 0.551. The highest BCUT2D eigenvalue weighted by molar-refractivity contribution is 6.10. The van der Waals surface area contributed by atoms with Crippen molar-refractivity contribution in [3.8, 4) is 0 Å². The maximum Gasteiger partial charge on any atom is 0.161 e. The van der Waals surface area contributed by atoms with Crippen LogP contribution in [0.25, 0.3) is 0 Å². The molecule has 114 valence electrons. The monoisotopic (exact) mass is 287 g/mol. The van der Waals surface area contributed by atoms with Crippen LogP contribution >= 0.6 is 0 Å². The molecule has 0 bridgehead atoms. The Labute approximate surface area is 126 Å². The zero-order chi connectivity index (χ0) is 15.4. The Hall–Kier alpha value is -1.68. The predicted molar refractivity (Wildman–Crippen MR) is 85.9 cm³/mol. The van der Waals surface area contributed by atoms with E-state index in [0.29, 0.717) is 28.8 Å². The molecule has 0 aromatic heterocycles. The van der Waals surface area contributed by atoms with Gasteiger partial charge in [-0.05, 0) is 29.9 Å².